The minimum atomic E-state index is -4.67. The number of aromatic carboxylic acids is 1. The maximum atomic E-state index is 12.6. The van der Waals surface area contributed by atoms with Crippen LogP contribution in [0, 0.1) is 0 Å². The quantitative estimate of drug-likeness (QED) is 0.839. The lowest BCUT2D eigenvalue weighted by atomic mass is 10.2. The van der Waals surface area contributed by atoms with Crippen LogP contribution in [-0.4, -0.2) is 20.5 Å². The van der Waals surface area contributed by atoms with Gasteiger partial charge >= 0.3 is 12.1 Å². The van der Waals surface area contributed by atoms with Gasteiger partial charge in [0.2, 0.25) is 0 Å². The summed E-state index contributed by atoms with van der Waals surface area (Å²) in [7, 11) is 0. The van der Waals surface area contributed by atoms with E-state index in [-0.39, 0.29) is 0 Å². The van der Waals surface area contributed by atoms with Gasteiger partial charge in [-0.3, -0.25) is 9.20 Å². The van der Waals surface area contributed by atoms with Crippen LogP contribution in [0.15, 0.2) is 29.3 Å². The van der Waals surface area contributed by atoms with Crippen LogP contribution in [0.1, 0.15) is 15.9 Å². The Labute approximate surface area is 97.1 Å². The smallest absolute Gasteiger partial charge is 0.419 e. The number of pyridine rings is 1. The molecule has 2 rings (SSSR count). The molecule has 0 aromatic carbocycles. The maximum Gasteiger partial charge on any atom is 0.419 e. The van der Waals surface area contributed by atoms with Crippen molar-refractivity contribution in [3.63, 3.8) is 0 Å². The summed E-state index contributed by atoms with van der Waals surface area (Å²) in [6.07, 6.45) is -3.02. The lowest BCUT2D eigenvalue weighted by Gasteiger charge is -2.09. The van der Waals surface area contributed by atoms with Crippen LogP contribution in [0.5, 0.6) is 0 Å². The number of alkyl halides is 3. The van der Waals surface area contributed by atoms with Crippen LogP contribution in [0.25, 0.3) is 5.65 Å². The molecule has 0 fully saturated rings. The van der Waals surface area contributed by atoms with Gasteiger partial charge in [-0.1, -0.05) is 0 Å². The zero-order chi connectivity index (χ0) is 13.5. The first-order chi connectivity index (χ1) is 8.32. The van der Waals surface area contributed by atoms with Gasteiger partial charge in [0.05, 0.1) is 5.56 Å². The van der Waals surface area contributed by atoms with Crippen molar-refractivity contribution in [3.05, 3.63) is 46.0 Å². The van der Waals surface area contributed by atoms with E-state index in [1.807, 2.05) is 0 Å². The number of halogens is 3. The zero-order valence-electron chi connectivity index (χ0n) is 8.60. The van der Waals surface area contributed by atoms with Gasteiger partial charge in [0.25, 0.3) is 5.56 Å². The minimum Gasteiger partial charge on any atom is -0.477 e. The Balaban J connectivity index is 2.88. The summed E-state index contributed by atoms with van der Waals surface area (Å²) < 4.78 is 38.5. The summed E-state index contributed by atoms with van der Waals surface area (Å²) >= 11 is 0. The predicted octanol–water partition coefficient (Wildman–Crippen LogP) is 1.41. The Kier molecular flexibility index (Phi) is 2.57. The monoisotopic (exact) mass is 258 g/mol. The molecule has 5 nitrogen and oxygen atoms in total. The first-order valence-corrected chi connectivity index (χ1v) is 4.63. The molecule has 0 saturated heterocycles. The van der Waals surface area contributed by atoms with Crippen LogP contribution >= 0.6 is 0 Å². The average molecular weight is 258 g/mol. The van der Waals surface area contributed by atoms with E-state index in [0.717, 1.165) is 18.3 Å². The van der Waals surface area contributed by atoms with E-state index >= 15 is 0 Å². The Bertz CT molecular complexity index is 691. The van der Waals surface area contributed by atoms with Crippen LogP contribution in [0.4, 0.5) is 13.2 Å². The molecule has 0 aliphatic heterocycles. The molecule has 94 valence electrons. The van der Waals surface area contributed by atoms with Crippen molar-refractivity contribution >= 4 is 11.6 Å². The molecule has 0 saturated carbocycles. The van der Waals surface area contributed by atoms with Crippen LogP contribution in [-0.2, 0) is 6.18 Å². The van der Waals surface area contributed by atoms with E-state index < -0.39 is 34.5 Å². The molecule has 0 atom stereocenters. The lowest BCUT2D eigenvalue weighted by Crippen LogP contribution is -2.24. The first kappa shape index (κ1) is 12.1. The van der Waals surface area contributed by atoms with Crippen LogP contribution < -0.4 is 5.56 Å². The van der Waals surface area contributed by atoms with E-state index in [9.17, 15) is 22.8 Å². The van der Waals surface area contributed by atoms with Gasteiger partial charge in [-0.25, -0.2) is 9.78 Å². The predicted molar refractivity (Wildman–Crippen MR) is 53.4 cm³/mol. The number of rotatable bonds is 1. The second kappa shape index (κ2) is 3.83. The number of carboxylic acids is 1. The highest BCUT2D eigenvalue weighted by Gasteiger charge is 2.34. The number of hydrogen-bond donors (Lipinski definition) is 1. The van der Waals surface area contributed by atoms with E-state index in [1.54, 1.807) is 0 Å². The van der Waals surface area contributed by atoms with Crippen LogP contribution in [0.3, 0.4) is 0 Å². The molecule has 2 aromatic heterocycles. The summed E-state index contributed by atoms with van der Waals surface area (Å²) in [6, 6.07) is 1.77. The van der Waals surface area contributed by atoms with Gasteiger partial charge in [-0.2, -0.15) is 13.2 Å². The lowest BCUT2D eigenvalue weighted by molar-refractivity contribution is -0.136. The molecule has 0 unspecified atom stereocenters. The van der Waals surface area contributed by atoms with Crippen molar-refractivity contribution in [1.29, 1.82) is 0 Å². The van der Waals surface area contributed by atoms with Gasteiger partial charge in [0.1, 0.15) is 5.56 Å². The molecular weight excluding hydrogens is 253 g/mol. The molecule has 1 N–H and O–H groups in total. The maximum absolute atomic E-state index is 12.6. The van der Waals surface area contributed by atoms with Gasteiger partial charge in [-0.15, -0.1) is 0 Å². The summed E-state index contributed by atoms with van der Waals surface area (Å²) in [4.78, 5) is 25.7. The number of carbonyl (C=O) groups is 1. The fourth-order valence-electron chi connectivity index (χ4n) is 1.47. The first-order valence-electron chi connectivity index (χ1n) is 4.63. The second-order valence-corrected chi connectivity index (χ2v) is 3.40. The standard InChI is InChI=1S/C10H5F3N2O3/c11-10(12,13)6-2-1-3-15-7(6)14-4-5(8(15)16)9(17)18/h1-4H,(H,17,18). The van der Waals surface area contributed by atoms with Crippen molar-refractivity contribution in [2.24, 2.45) is 0 Å². The Morgan fingerprint density at radius 1 is 1.39 bits per heavy atom. The molecule has 18 heavy (non-hydrogen) atoms. The normalized spacial score (nSPS) is 11.7. The molecule has 0 aliphatic carbocycles. The Morgan fingerprint density at radius 2 is 2.06 bits per heavy atom. The third-order valence-corrected chi connectivity index (χ3v) is 2.27. The molecule has 0 radical (unpaired) electrons. The third-order valence-electron chi connectivity index (χ3n) is 2.27. The van der Waals surface area contributed by atoms with E-state index in [0.29, 0.717) is 10.6 Å². The number of aromatic nitrogens is 2. The van der Waals surface area contributed by atoms with E-state index in [2.05, 4.69) is 4.98 Å². The largest absolute Gasteiger partial charge is 0.477 e. The van der Waals surface area contributed by atoms with Gasteiger partial charge in [0, 0.05) is 12.4 Å². The Morgan fingerprint density at radius 3 is 2.61 bits per heavy atom. The molecular formula is C10H5F3N2O3. The Hall–Kier alpha value is -2.38. The second-order valence-electron chi connectivity index (χ2n) is 3.40. The highest BCUT2D eigenvalue weighted by atomic mass is 19.4. The van der Waals surface area contributed by atoms with E-state index in [1.165, 1.54) is 0 Å². The highest BCUT2D eigenvalue weighted by molar-refractivity contribution is 5.87. The number of hydrogen-bond acceptors (Lipinski definition) is 3. The average Bonchev–Trinajstić information content (AvgIpc) is 2.27. The number of fused-ring (bicyclic) bond motifs is 1. The molecule has 0 aliphatic rings. The molecule has 0 amide bonds. The zero-order valence-corrected chi connectivity index (χ0v) is 8.60. The minimum absolute atomic E-state index is 0.562. The summed E-state index contributed by atoms with van der Waals surface area (Å²) in [5.41, 5.74) is -3.47. The topological polar surface area (TPSA) is 71.7 Å². The van der Waals surface area contributed by atoms with Crippen molar-refractivity contribution in [1.82, 2.24) is 9.38 Å². The summed E-state index contributed by atoms with van der Waals surface area (Å²) in [5, 5.41) is 8.68. The van der Waals surface area contributed by atoms with Gasteiger partial charge in [0.15, 0.2) is 5.65 Å². The van der Waals surface area contributed by atoms with E-state index in [4.69, 9.17) is 5.11 Å². The third kappa shape index (κ3) is 1.81. The molecule has 0 bridgehead atoms. The number of nitrogens with zero attached hydrogens (tertiary/aromatic N) is 2. The fourth-order valence-corrected chi connectivity index (χ4v) is 1.47. The van der Waals surface area contributed by atoms with Gasteiger partial charge in [-0.05, 0) is 12.1 Å². The van der Waals surface area contributed by atoms with Crippen LogP contribution in [0.2, 0.25) is 0 Å². The van der Waals surface area contributed by atoms with Crippen molar-refractivity contribution in [3.8, 4) is 0 Å². The SMILES string of the molecule is O=C(O)c1cnc2c(C(F)(F)F)cccn2c1=O. The molecule has 8 heteroatoms. The summed E-state index contributed by atoms with van der Waals surface area (Å²) in [5.74, 6) is -1.54. The van der Waals surface area contributed by atoms with Gasteiger partial charge < -0.3 is 5.11 Å². The molecule has 2 aromatic rings. The number of carboxylic acid groups (broad SMARTS) is 1. The molecule has 2 heterocycles. The summed E-state index contributed by atoms with van der Waals surface area (Å²) in [6.45, 7) is 0. The van der Waals surface area contributed by atoms with Crippen molar-refractivity contribution < 1.29 is 23.1 Å². The molecule has 0 spiro atoms. The fraction of sp³-hybridized carbons (Fsp3) is 0.100. The van der Waals surface area contributed by atoms with Crippen molar-refractivity contribution in [2.75, 3.05) is 0 Å². The highest BCUT2D eigenvalue weighted by Crippen LogP contribution is 2.30. The van der Waals surface area contributed by atoms with Crippen molar-refractivity contribution in [2.45, 2.75) is 6.18 Å².